The summed E-state index contributed by atoms with van der Waals surface area (Å²) in [4.78, 5) is 37.3. The van der Waals surface area contributed by atoms with Gasteiger partial charge < -0.3 is 23.8 Å². The Bertz CT molecular complexity index is 1310. The second-order valence-electron chi connectivity index (χ2n) is 20.5. The maximum absolute atomic E-state index is 12.8. The molecule has 0 rings (SSSR count). The lowest BCUT2D eigenvalue weighted by molar-refractivity contribution is -0.887. The number of carboxylic acid groups (broad SMARTS) is 1. The molecule has 0 aliphatic heterocycles. The molecule has 0 aromatic heterocycles. The van der Waals surface area contributed by atoms with E-state index < -0.39 is 18.1 Å². The third kappa shape index (κ3) is 49.8. The fourth-order valence-electron chi connectivity index (χ4n) is 8.49. The third-order valence-corrected chi connectivity index (χ3v) is 12.9. The molecule has 0 saturated heterocycles. The van der Waals surface area contributed by atoms with Crippen LogP contribution in [0, 0.1) is 0 Å². The number of quaternary nitrogens is 1. The van der Waals surface area contributed by atoms with Gasteiger partial charge in [-0.1, -0.05) is 222 Å². The van der Waals surface area contributed by atoms with Crippen LogP contribution in [0.25, 0.3) is 0 Å². The van der Waals surface area contributed by atoms with Crippen LogP contribution in [-0.4, -0.2) is 80.6 Å². The molecule has 0 amide bonds. The molecule has 0 fully saturated rings. The molecule has 69 heavy (non-hydrogen) atoms. The molecule has 0 radical (unpaired) electrons. The lowest BCUT2D eigenvalue weighted by Crippen LogP contribution is -2.50. The van der Waals surface area contributed by atoms with Gasteiger partial charge in [0.1, 0.15) is 6.61 Å². The van der Waals surface area contributed by atoms with E-state index in [2.05, 4.69) is 74.6 Å². The van der Waals surface area contributed by atoms with Crippen molar-refractivity contribution in [1.82, 2.24) is 0 Å². The number of hydrogen-bond donors (Lipinski definition) is 1. The van der Waals surface area contributed by atoms with Gasteiger partial charge >= 0.3 is 17.9 Å². The van der Waals surface area contributed by atoms with Crippen LogP contribution in [0.15, 0.2) is 60.8 Å². The highest BCUT2D eigenvalue weighted by Crippen LogP contribution is 2.16. The second-order valence-corrected chi connectivity index (χ2v) is 20.5. The number of hydrogen-bond acceptors (Lipinski definition) is 6. The number of carbonyl (C=O) groups is 3. The van der Waals surface area contributed by atoms with Crippen molar-refractivity contribution in [2.45, 2.75) is 270 Å². The van der Waals surface area contributed by atoms with E-state index in [4.69, 9.17) is 14.2 Å². The Morgan fingerprint density at radius 3 is 1.22 bits per heavy atom. The van der Waals surface area contributed by atoms with E-state index in [0.29, 0.717) is 19.3 Å². The summed E-state index contributed by atoms with van der Waals surface area (Å²) in [7, 11) is 5.54. The van der Waals surface area contributed by atoms with Crippen LogP contribution >= 0.6 is 0 Å². The molecule has 0 aliphatic carbocycles. The quantitative estimate of drug-likeness (QED) is 0.0280. The minimum Gasteiger partial charge on any atom is -0.477 e. The molecule has 1 N–H and O–H groups in total. The minimum absolute atomic E-state index is 0.0551. The third-order valence-electron chi connectivity index (χ3n) is 12.9. The molecule has 0 heterocycles. The van der Waals surface area contributed by atoms with Crippen molar-refractivity contribution in [3.63, 3.8) is 0 Å². The van der Waals surface area contributed by atoms with Crippen LogP contribution in [0.1, 0.15) is 258 Å². The van der Waals surface area contributed by atoms with Gasteiger partial charge in [0, 0.05) is 19.3 Å². The maximum atomic E-state index is 12.8. The van der Waals surface area contributed by atoms with E-state index in [1.165, 1.54) is 161 Å². The van der Waals surface area contributed by atoms with Gasteiger partial charge in [-0.25, -0.2) is 4.79 Å². The summed E-state index contributed by atoms with van der Waals surface area (Å²) >= 11 is 0. The van der Waals surface area contributed by atoms with Gasteiger partial charge in [-0.2, -0.15) is 0 Å². The van der Waals surface area contributed by atoms with E-state index in [1.54, 1.807) is 0 Å². The van der Waals surface area contributed by atoms with Crippen LogP contribution in [-0.2, 0) is 28.6 Å². The summed E-state index contributed by atoms with van der Waals surface area (Å²) in [5.74, 6) is -1.47. The first kappa shape index (κ1) is 66.0. The van der Waals surface area contributed by atoms with Crippen molar-refractivity contribution in [1.29, 1.82) is 0 Å². The smallest absolute Gasteiger partial charge is 0.362 e. The van der Waals surface area contributed by atoms with Crippen LogP contribution in [0.3, 0.4) is 0 Å². The number of unbranched alkanes of at least 4 members (excludes halogenated alkanes) is 28. The number of nitrogens with zero attached hydrogens (tertiary/aromatic N) is 1. The summed E-state index contributed by atoms with van der Waals surface area (Å²) in [6, 6.07) is -0.619. The van der Waals surface area contributed by atoms with E-state index in [1.807, 2.05) is 21.1 Å². The van der Waals surface area contributed by atoms with Crippen molar-refractivity contribution in [2.75, 3.05) is 41.0 Å². The van der Waals surface area contributed by atoms with Gasteiger partial charge in [0.25, 0.3) is 0 Å². The molecular weight excluding hydrogens is 859 g/mol. The van der Waals surface area contributed by atoms with Crippen LogP contribution < -0.4 is 0 Å². The van der Waals surface area contributed by atoms with Crippen molar-refractivity contribution in [2.24, 2.45) is 0 Å². The first-order valence-electron chi connectivity index (χ1n) is 28.8. The predicted octanol–water partition coefficient (Wildman–Crippen LogP) is 17.3. The zero-order valence-electron chi connectivity index (χ0n) is 45.8. The molecule has 0 aromatic rings. The summed E-state index contributed by atoms with van der Waals surface area (Å²) in [5, 5.41) is 9.68. The minimum atomic E-state index is -0.875. The monoisotopic (exact) mass is 969 g/mol. The Kier molecular flexibility index (Phi) is 49.2. The molecule has 400 valence electrons. The standard InChI is InChI=1S/C61H109NO7/c1-6-8-10-12-14-16-18-20-22-24-26-28-30-32-34-36-38-40-42-44-46-48-50-52-60(64)69-57(55-67-54-53-58(61(65)66)62(3,4)5)56-68-59(63)51-49-47-45-43-41-39-37-35-33-31-29-27-25-23-21-19-17-15-13-11-9-7-2/h8,10,14,16,20,22,26,28,31,33,57-58H,6-7,9,11-13,15,17-19,21,23-25,27,29-30,32,34-56H2,1-5H3/p+1/b10-8+,16-14+,22-20+,28-26+,33-31+. The van der Waals surface area contributed by atoms with Gasteiger partial charge in [0.15, 0.2) is 12.1 Å². The highest BCUT2D eigenvalue weighted by molar-refractivity contribution is 5.72. The number of aliphatic carboxylic acids is 1. The predicted molar refractivity (Wildman–Crippen MR) is 294 cm³/mol. The normalized spacial score (nSPS) is 13.2. The van der Waals surface area contributed by atoms with Gasteiger partial charge in [-0.05, 0) is 77.0 Å². The lowest BCUT2D eigenvalue weighted by atomic mass is 10.0. The fraction of sp³-hybridized carbons (Fsp3) is 0.787. The summed E-state index contributed by atoms with van der Waals surface area (Å²) in [6.45, 7) is 4.65. The number of esters is 2. The van der Waals surface area contributed by atoms with Gasteiger partial charge in [0.05, 0.1) is 34.4 Å². The highest BCUT2D eigenvalue weighted by atomic mass is 16.6. The lowest BCUT2D eigenvalue weighted by Gasteiger charge is -2.31. The second kappa shape index (κ2) is 51.4. The number of likely N-dealkylation sites (N-methyl/N-ethyl adjacent to an activating group) is 1. The van der Waals surface area contributed by atoms with Crippen molar-refractivity contribution < 1.29 is 38.2 Å². The molecule has 0 aromatic carbocycles. The van der Waals surface area contributed by atoms with Gasteiger partial charge in [-0.15, -0.1) is 0 Å². The zero-order chi connectivity index (χ0) is 50.6. The Labute approximate surface area is 426 Å². The van der Waals surface area contributed by atoms with Crippen molar-refractivity contribution in [3.8, 4) is 0 Å². The highest BCUT2D eigenvalue weighted by Gasteiger charge is 2.31. The Balaban J connectivity index is 4.18. The van der Waals surface area contributed by atoms with E-state index in [0.717, 1.165) is 64.2 Å². The Morgan fingerprint density at radius 1 is 0.449 bits per heavy atom. The number of ether oxygens (including phenoxy) is 3. The van der Waals surface area contributed by atoms with E-state index >= 15 is 0 Å². The van der Waals surface area contributed by atoms with E-state index in [-0.39, 0.29) is 36.2 Å². The molecule has 2 unspecified atom stereocenters. The van der Waals surface area contributed by atoms with Crippen LogP contribution in [0.4, 0.5) is 0 Å². The largest absolute Gasteiger partial charge is 0.477 e. The first-order chi connectivity index (χ1) is 33.6. The Hall–Kier alpha value is -2.97. The number of allylic oxidation sites excluding steroid dienone is 10. The van der Waals surface area contributed by atoms with Gasteiger partial charge in [0.2, 0.25) is 0 Å². The van der Waals surface area contributed by atoms with Crippen LogP contribution in [0.2, 0.25) is 0 Å². The summed E-state index contributed by atoms with van der Waals surface area (Å²) in [6.07, 6.45) is 65.7. The SMILES string of the molecule is CC/C=C/C/C=C/C/C=C/C/C=C/CCCCCCCCCCCCC(=O)OC(COCCC(C(=O)O)[N+](C)(C)C)COC(=O)CCCCCCCCC/C=C/CCCCCCCCCCCCC. The molecule has 8 nitrogen and oxygen atoms in total. The summed E-state index contributed by atoms with van der Waals surface area (Å²) < 4.78 is 17.4. The molecule has 8 heteroatoms. The molecular formula is C61H110NO7+. The molecule has 0 spiro atoms. The fourth-order valence-corrected chi connectivity index (χ4v) is 8.49. The summed E-state index contributed by atoms with van der Waals surface area (Å²) in [5.41, 5.74) is 0. The molecule has 0 saturated carbocycles. The topological polar surface area (TPSA) is 99.1 Å². The zero-order valence-corrected chi connectivity index (χ0v) is 45.8. The van der Waals surface area contributed by atoms with Crippen molar-refractivity contribution >= 4 is 17.9 Å². The average Bonchev–Trinajstić information content (AvgIpc) is 3.31. The Morgan fingerprint density at radius 2 is 0.812 bits per heavy atom. The number of rotatable bonds is 52. The average molecular weight is 970 g/mol. The maximum Gasteiger partial charge on any atom is 0.362 e. The molecule has 0 bridgehead atoms. The molecule has 2 atom stereocenters. The van der Waals surface area contributed by atoms with Crippen molar-refractivity contribution in [3.05, 3.63) is 60.8 Å². The number of carbonyl (C=O) groups excluding carboxylic acids is 2. The van der Waals surface area contributed by atoms with Crippen LogP contribution in [0.5, 0.6) is 0 Å². The first-order valence-corrected chi connectivity index (χ1v) is 28.8. The van der Waals surface area contributed by atoms with E-state index in [9.17, 15) is 19.5 Å². The molecule has 0 aliphatic rings. The van der Waals surface area contributed by atoms with Gasteiger partial charge in [-0.3, -0.25) is 9.59 Å². The number of carboxylic acids is 1.